The van der Waals surface area contributed by atoms with Crippen LogP contribution in [0, 0.1) is 6.92 Å². The highest BCUT2D eigenvalue weighted by Gasteiger charge is 2.22. The van der Waals surface area contributed by atoms with Gasteiger partial charge in [-0.25, -0.2) is 0 Å². The SMILES string of the molecule is CCC1COCCN1Cc1cc(CN)oc1C. The molecule has 1 unspecified atom stereocenters. The van der Waals surface area contributed by atoms with Crippen molar-refractivity contribution < 1.29 is 9.15 Å². The number of morpholine rings is 1. The molecule has 0 amide bonds. The summed E-state index contributed by atoms with van der Waals surface area (Å²) in [6.07, 6.45) is 1.13. The van der Waals surface area contributed by atoms with Gasteiger partial charge in [0.2, 0.25) is 0 Å². The Balaban J connectivity index is 2.05. The number of rotatable bonds is 4. The Kier molecular flexibility index (Phi) is 4.20. The molecule has 2 heterocycles. The number of hydrogen-bond acceptors (Lipinski definition) is 4. The first-order valence-corrected chi connectivity index (χ1v) is 6.34. The summed E-state index contributed by atoms with van der Waals surface area (Å²) < 4.78 is 11.1. The van der Waals surface area contributed by atoms with Crippen LogP contribution in [0.4, 0.5) is 0 Å². The molecule has 0 aliphatic carbocycles. The van der Waals surface area contributed by atoms with Crippen molar-refractivity contribution in [3.63, 3.8) is 0 Å². The van der Waals surface area contributed by atoms with Gasteiger partial charge in [-0.1, -0.05) is 6.92 Å². The van der Waals surface area contributed by atoms with E-state index in [1.807, 2.05) is 6.92 Å². The second kappa shape index (κ2) is 5.67. The molecule has 96 valence electrons. The van der Waals surface area contributed by atoms with Gasteiger partial charge in [0.05, 0.1) is 19.8 Å². The Hall–Kier alpha value is -0.840. The molecule has 0 aromatic carbocycles. The van der Waals surface area contributed by atoms with E-state index in [9.17, 15) is 0 Å². The summed E-state index contributed by atoms with van der Waals surface area (Å²) in [7, 11) is 0. The van der Waals surface area contributed by atoms with E-state index in [1.54, 1.807) is 0 Å². The molecule has 17 heavy (non-hydrogen) atoms. The van der Waals surface area contributed by atoms with Crippen LogP contribution in [-0.2, 0) is 17.8 Å². The highest BCUT2D eigenvalue weighted by atomic mass is 16.5. The van der Waals surface area contributed by atoms with Gasteiger partial charge >= 0.3 is 0 Å². The van der Waals surface area contributed by atoms with E-state index in [4.69, 9.17) is 14.9 Å². The van der Waals surface area contributed by atoms with Crippen LogP contribution in [-0.4, -0.2) is 30.7 Å². The molecule has 1 aliphatic rings. The van der Waals surface area contributed by atoms with Crippen LogP contribution in [0.3, 0.4) is 0 Å². The minimum Gasteiger partial charge on any atom is -0.465 e. The summed E-state index contributed by atoms with van der Waals surface area (Å²) in [5.74, 6) is 1.87. The number of ether oxygens (including phenoxy) is 1. The highest BCUT2D eigenvalue weighted by Crippen LogP contribution is 2.20. The van der Waals surface area contributed by atoms with Gasteiger partial charge < -0.3 is 14.9 Å². The van der Waals surface area contributed by atoms with Crippen LogP contribution in [0.2, 0.25) is 0 Å². The van der Waals surface area contributed by atoms with Gasteiger partial charge in [0.25, 0.3) is 0 Å². The van der Waals surface area contributed by atoms with Crippen molar-refractivity contribution in [1.29, 1.82) is 0 Å². The molecule has 2 N–H and O–H groups in total. The quantitative estimate of drug-likeness (QED) is 0.866. The van der Waals surface area contributed by atoms with Gasteiger partial charge in [-0.3, -0.25) is 4.90 Å². The van der Waals surface area contributed by atoms with E-state index >= 15 is 0 Å². The van der Waals surface area contributed by atoms with Gasteiger partial charge in [0.1, 0.15) is 11.5 Å². The van der Waals surface area contributed by atoms with Gasteiger partial charge in [0.15, 0.2) is 0 Å². The second-order valence-electron chi connectivity index (χ2n) is 4.61. The largest absolute Gasteiger partial charge is 0.465 e. The maximum Gasteiger partial charge on any atom is 0.118 e. The van der Waals surface area contributed by atoms with E-state index in [1.165, 1.54) is 5.56 Å². The Morgan fingerprint density at radius 3 is 3.00 bits per heavy atom. The number of nitrogens with two attached hydrogens (primary N) is 1. The fraction of sp³-hybridized carbons (Fsp3) is 0.692. The number of aryl methyl sites for hydroxylation is 1. The number of furan rings is 1. The molecule has 4 heteroatoms. The minimum absolute atomic E-state index is 0.473. The van der Waals surface area contributed by atoms with E-state index < -0.39 is 0 Å². The third-order valence-corrected chi connectivity index (χ3v) is 3.47. The standard InChI is InChI=1S/C13H22N2O2/c1-3-12-9-16-5-4-15(12)8-11-6-13(7-14)17-10(11)2/h6,12H,3-5,7-9,14H2,1-2H3. The average molecular weight is 238 g/mol. The molecule has 1 aromatic heterocycles. The van der Waals surface area contributed by atoms with Crippen molar-refractivity contribution in [2.45, 2.75) is 39.4 Å². The summed E-state index contributed by atoms with van der Waals surface area (Å²) in [6, 6.07) is 2.61. The zero-order chi connectivity index (χ0) is 12.3. The highest BCUT2D eigenvalue weighted by molar-refractivity contribution is 5.20. The average Bonchev–Trinajstić information content (AvgIpc) is 2.71. The summed E-state index contributed by atoms with van der Waals surface area (Å²) in [5.41, 5.74) is 6.85. The van der Waals surface area contributed by atoms with E-state index in [0.29, 0.717) is 12.6 Å². The van der Waals surface area contributed by atoms with Crippen molar-refractivity contribution in [2.75, 3.05) is 19.8 Å². The van der Waals surface area contributed by atoms with Crippen molar-refractivity contribution in [3.05, 3.63) is 23.2 Å². The lowest BCUT2D eigenvalue weighted by Gasteiger charge is -2.34. The second-order valence-corrected chi connectivity index (χ2v) is 4.61. The fourth-order valence-electron chi connectivity index (χ4n) is 2.34. The Labute approximate surface area is 103 Å². The van der Waals surface area contributed by atoms with Crippen LogP contribution in [0.25, 0.3) is 0 Å². The first-order chi connectivity index (χ1) is 8.24. The molecule has 4 nitrogen and oxygen atoms in total. The molecular weight excluding hydrogens is 216 g/mol. The predicted molar refractivity (Wildman–Crippen MR) is 66.6 cm³/mol. The van der Waals surface area contributed by atoms with Gasteiger partial charge in [0, 0.05) is 24.7 Å². The summed E-state index contributed by atoms with van der Waals surface area (Å²) in [6.45, 7) is 8.31. The zero-order valence-electron chi connectivity index (χ0n) is 10.7. The Morgan fingerprint density at radius 2 is 2.35 bits per heavy atom. The van der Waals surface area contributed by atoms with Crippen LogP contribution in [0.5, 0.6) is 0 Å². The summed E-state index contributed by atoms with van der Waals surface area (Å²) in [5, 5.41) is 0. The van der Waals surface area contributed by atoms with E-state index in [-0.39, 0.29) is 0 Å². The van der Waals surface area contributed by atoms with Crippen LogP contribution in [0.1, 0.15) is 30.4 Å². The molecule has 0 radical (unpaired) electrons. The zero-order valence-corrected chi connectivity index (χ0v) is 10.7. The lowest BCUT2D eigenvalue weighted by Crippen LogP contribution is -2.44. The van der Waals surface area contributed by atoms with Gasteiger partial charge in [-0.05, 0) is 19.4 Å². The first-order valence-electron chi connectivity index (χ1n) is 6.34. The van der Waals surface area contributed by atoms with Crippen molar-refractivity contribution in [1.82, 2.24) is 4.90 Å². The summed E-state index contributed by atoms with van der Waals surface area (Å²) in [4.78, 5) is 2.47. The smallest absolute Gasteiger partial charge is 0.118 e. The van der Waals surface area contributed by atoms with Crippen LogP contribution >= 0.6 is 0 Å². The predicted octanol–water partition coefficient (Wildman–Crippen LogP) is 1.66. The molecule has 1 fully saturated rings. The lowest BCUT2D eigenvalue weighted by molar-refractivity contribution is -0.0129. The van der Waals surface area contributed by atoms with E-state index in [0.717, 1.165) is 44.2 Å². The number of nitrogens with zero attached hydrogens (tertiary/aromatic N) is 1. The van der Waals surface area contributed by atoms with Crippen LogP contribution in [0.15, 0.2) is 10.5 Å². The maximum atomic E-state index is 5.59. The topological polar surface area (TPSA) is 51.6 Å². The third-order valence-electron chi connectivity index (χ3n) is 3.47. The molecule has 0 bridgehead atoms. The molecule has 1 aliphatic heterocycles. The minimum atomic E-state index is 0.473. The Bertz CT molecular complexity index is 362. The van der Waals surface area contributed by atoms with Gasteiger partial charge in [-0.15, -0.1) is 0 Å². The van der Waals surface area contributed by atoms with Gasteiger partial charge in [-0.2, -0.15) is 0 Å². The Morgan fingerprint density at radius 1 is 1.53 bits per heavy atom. The monoisotopic (exact) mass is 238 g/mol. The molecule has 1 aromatic rings. The van der Waals surface area contributed by atoms with Crippen molar-refractivity contribution >= 4 is 0 Å². The van der Waals surface area contributed by atoms with Crippen LogP contribution < -0.4 is 5.73 Å². The first kappa shape index (κ1) is 12.6. The third kappa shape index (κ3) is 2.89. The normalized spacial score (nSPS) is 21.9. The van der Waals surface area contributed by atoms with Crippen molar-refractivity contribution in [3.8, 4) is 0 Å². The molecule has 0 saturated carbocycles. The number of hydrogen-bond donors (Lipinski definition) is 1. The fourth-order valence-corrected chi connectivity index (χ4v) is 2.34. The molecule has 1 atom stereocenters. The molecule has 2 rings (SSSR count). The molecular formula is C13H22N2O2. The molecule has 1 saturated heterocycles. The van der Waals surface area contributed by atoms with Crippen molar-refractivity contribution in [2.24, 2.45) is 5.73 Å². The maximum absolute atomic E-state index is 5.59. The van der Waals surface area contributed by atoms with E-state index in [2.05, 4.69) is 17.9 Å². The lowest BCUT2D eigenvalue weighted by atomic mass is 10.1. The summed E-state index contributed by atoms with van der Waals surface area (Å²) >= 11 is 0. The molecule has 0 spiro atoms.